The minimum atomic E-state index is 0.286. The van der Waals surface area contributed by atoms with E-state index in [2.05, 4.69) is 16.3 Å². The first-order valence-corrected chi connectivity index (χ1v) is 9.52. The van der Waals surface area contributed by atoms with Crippen molar-refractivity contribution in [1.29, 1.82) is 0 Å². The molecule has 1 aliphatic carbocycles. The molecule has 140 valence electrons. The van der Waals surface area contributed by atoms with Crippen molar-refractivity contribution in [3.63, 3.8) is 0 Å². The first kappa shape index (κ1) is 18.5. The average molecular weight is 348 g/mol. The normalized spacial score (nSPS) is 21.0. The molecule has 2 aliphatic rings. The molecule has 1 aromatic rings. The van der Waals surface area contributed by atoms with Crippen LogP contribution in [-0.4, -0.2) is 57.5 Å². The highest BCUT2D eigenvalue weighted by Gasteiger charge is 2.38. The van der Waals surface area contributed by atoms with Crippen LogP contribution < -0.4 is 14.8 Å². The zero-order valence-corrected chi connectivity index (χ0v) is 15.7. The van der Waals surface area contributed by atoms with Crippen molar-refractivity contribution in [2.75, 3.05) is 47.1 Å². The number of morpholine rings is 1. The van der Waals surface area contributed by atoms with Gasteiger partial charge in [-0.3, -0.25) is 4.90 Å². The predicted molar refractivity (Wildman–Crippen MR) is 99.5 cm³/mol. The highest BCUT2D eigenvalue weighted by Crippen LogP contribution is 2.34. The molecule has 0 spiro atoms. The molecule has 5 nitrogen and oxygen atoms in total. The van der Waals surface area contributed by atoms with Gasteiger partial charge >= 0.3 is 0 Å². The van der Waals surface area contributed by atoms with Gasteiger partial charge in [0.05, 0.1) is 27.4 Å². The fourth-order valence-electron chi connectivity index (χ4n) is 4.30. The Labute approximate surface area is 151 Å². The van der Waals surface area contributed by atoms with Crippen molar-refractivity contribution in [2.24, 2.45) is 0 Å². The van der Waals surface area contributed by atoms with E-state index in [9.17, 15) is 0 Å². The number of nitrogens with one attached hydrogen (secondary N) is 1. The van der Waals surface area contributed by atoms with Gasteiger partial charge in [-0.2, -0.15) is 0 Å². The summed E-state index contributed by atoms with van der Waals surface area (Å²) in [5.74, 6) is 1.79. The Kier molecular flexibility index (Phi) is 6.57. The Hall–Kier alpha value is -1.30. The maximum atomic E-state index is 5.57. The van der Waals surface area contributed by atoms with Crippen LogP contribution in [0.4, 0.5) is 0 Å². The molecule has 0 amide bonds. The van der Waals surface area contributed by atoms with Crippen LogP contribution in [0.15, 0.2) is 18.2 Å². The lowest BCUT2D eigenvalue weighted by molar-refractivity contribution is -0.0369. The molecule has 0 atom stereocenters. The third-order valence-electron chi connectivity index (χ3n) is 5.72. The van der Waals surface area contributed by atoms with Gasteiger partial charge in [-0.1, -0.05) is 19.3 Å². The second-order valence-electron chi connectivity index (χ2n) is 7.17. The van der Waals surface area contributed by atoms with Gasteiger partial charge in [0.15, 0.2) is 0 Å². The lowest BCUT2D eigenvalue weighted by Gasteiger charge is -2.48. The lowest BCUT2D eigenvalue weighted by atomic mass is 9.79. The molecule has 3 rings (SSSR count). The number of nitrogens with zero attached hydrogens (tertiary/aromatic N) is 1. The molecule has 0 aromatic heterocycles. The zero-order chi connectivity index (χ0) is 17.5. The fourth-order valence-corrected chi connectivity index (χ4v) is 4.30. The maximum absolute atomic E-state index is 5.57. The molecule has 0 bridgehead atoms. The first-order chi connectivity index (χ1) is 12.3. The van der Waals surface area contributed by atoms with Crippen LogP contribution in [0.1, 0.15) is 37.7 Å². The molecule has 2 fully saturated rings. The van der Waals surface area contributed by atoms with Crippen molar-refractivity contribution >= 4 is 0 Å². The van der Waals surface area contributed by atoms with Gasteiger partial charge in [0.25, 0.3) is 0 Å². The summed E-state index contributed by atoms with van der Waals surface area (Å²) in [4.78, 5) is 2.67. The Morgan fingerprint density at radius 3 is 2.52 bits per heavy atom. The molecule has 1 saturated carbocycles. The zero-order valence-electron chi connectivity index (χ0n) is 15.7. The van der Waals surface area contributed by atoms with Crippen LogP contribution in [0.3, 0.4) is 0 Å². The smallest absolute Gasteiger partial charge is 0.123 e. The van der Waals surface area contributed by atoms with Gasteiger partial charge in [0, 0.05) is 37.3 Å². The minimum absolute atomic E-state index is 0.286. The second kappa shape index (κ2) is 8.88. The number of methoxy groups -OCH3 is 2. The topological polar surface area (TPSA) is 43.0 Å². The van der Waals surface area contributed by atoms with Gasteiger partial charge in [0.2, 0.25) is 0 Å². The Bertz CT molecular complexity index is 538. The van der Waals surface area contributed by atoms with Gasteiger partial charge in [0.1, 0.15) is 11.5 Å². The van der Waals surface area contributed by atoms with Crippen LogP contribution in [0.25, 0.3) is 0 Å². The second-order valence-corrected chi connectivity index (χ2v) is 7.17. The SMILES string of the molecule is COc1ccc(OC)c(CNCC2(N3CCOCC3)CCCCC2)c1. The van der Waals surface area contributed by atoms with Gasteiger partial charge in [-0.05, 0) is 31.0 Å². The van der Waals surface area contributed by atoms with E-state index in [1.54, 1.807) is 14.2 Å². The summed E-state index contributed by atoms with van der Waals surface area (Å²) in [6.07, 6.45) is 6.61. The first-order valence-electron chi connectivity index (χ1n) is 9.52. The Balaban J connectivity index is 1.65. The van der Waals surface area contributed by atoms with E-state index in [-0.39, 0.29) is 5.54 Å². The molecular formula is C20H32N2O3. The van der Waals surface area contributed by atoms with E-state index in [4.69, 9.17) is 14.2 Å². The summed E-state index contributed by atoms with van der Waals surface area (Å²) in [5, 5.41) is 3.72. The third-order valence-corrected chi connectivity index (χ3v) is 5.72. The summed E-state index contributed by atoms with van der Waals surface area (Å²) in [6, 6.07) is 5.99. The molecule has 25 heavy (non-hydrogen) atoms. The summed E-state index contributed by atoms with van der Waals surface area (Å²) in [5.41, 5.74) is 1.43. The monoisotopic (exact) mass is 348 g/mol. The Morgan fingerprint density at radius 2 is 1.84 bits per heavy atom. The van der Waals surface area contributed by atoms with Crippen molar-refractivity contribution in [3.8, 4) is 11.5 Å². The number of hydrogen-bond donors (Lipinski definition) is 1. The molecule has 5 heteroatoms. The molecule has 1 saturated heterocycles. The quantitative estimate of drug-likeness (QED) is 0.821. The van der Waals surface area contributed by atoms with E-state index in [0.29, 0.717) is 0 Å². The van der Waals surface area contributed by atoms with E-state index in [1.807, 2.05) is 12.1 Å². The van der Waals surface area contributed by atoms with Crippen molar-refractivity contribution < 1.29 is 14.2 Å². The molecule has 1 aliphatic heterocycles. The highest BCUT2D eigenvalue weighted by atomic mass is 16.5. The number of benzene rings is 1. The summed E-state index contributed by atoms with van der Waals surface area (Å²) < 4.78 is 16.4. The molecule has 0 radical (unpaired) electrons. The number of hydrogen-bond acceptors (Lipinski definition) is 5. The van der Waals surface area contributed by atoms with E-state index in [0.717, 1.165) is 56.5 Å². The number of ether oxygens (including phenoxy) is 3. The minimum Gasteiger partial charge on any atom is -0.497 e. The summed E-state index contributed by atoms with van der Waals surface area (Å²) in [6.45, 7) is 5.67. The number of rotatable bonds is 7. The third kappa shape index (κ3) is 4.46. The Morgan fingerprint density at radius 1 is 1.08 bits per heavy atom. The van der Waals surface area contributed by atoms with E-state index >= 15 is 0 Å². The molecule has 1 heterocycles. The van der Waals surface area contributed by atoms with Crippen LogP contribution in [0, 0.1) is 0 Å². The molecule has 1 aromatic carbocycles. The lowest BCUT2D eigenvalue weighted by Crippen LogP contribution is -2.59. The molecule has 1 N–H and O–H groups in total. The van der Waals surface area contributed by atoms with Crippen LogP contribution >= 0.6 is 0 Å². The summed E-state index contributed by atoms with van der Waals surface area (Å²) >= 11 is 0. The van der Waals surface area contributed by atoms with Crippen LogP contribution in [0.2, 0.25) is 0 Å². The average Bonchev–Trinajstić information content (AvgIpc) is 2.69. The van der Waals surface area contributed by atoms with Crippen molar-refractivity contribution in [3.05, 3.63) is 23.8 Å². The van der Waals surface area contributed by atoms with E-state index < -0.39 is 0 Å². The largest absolute Gasteiger partial charge is 0.497 e. The molecule has 0 unspecified atom stereocenters. The fraction of sp³-hybridized carbons (Fsp3) is 0.700. The predicted octanol–water partition coefficient (Wildman–Crippen LogP) is 2.83. The molecular weight excluding hydrogens is 316 g/mol. The van der Waals surface area contributed by atoms with Gasteiger partial charge in [-0.15, -0.1) is 0 Å². The van der Waals surface area contributed by atoms with Crippen LogP contribution in [-0.2, 0) is 11.3 Å². The van der Waals surface area contributed by atoms with Crippen molar-refractivity contribution in [1.82, 2.24) is 10.2 Å². The van der Waals surface area contributed by atoms with E-state index in [1.165, 1.54) is 32.1 Å². The van der Waals surface area contributed by atoms with Crippen molar-refractivity contribution in [2.45, 2.75) is 44.2 Å². The standard InChI is InChI=1S/C20H32N2O3/c1-23-18-6-7-19(24-2)17(14-18)15-21-16-20(8-4-3-5-9-20)22-10-12-25-13-11-22/h6-7,14,21H,3-5,8-13,15-16H2,1-2H3. The maximum Gasteiger partial charge on any atom is 0.123 e. The highest BCUT2D eigenvalue weighted by molar-refractivity contribution is 5.40. The van der Waals surface area contributed by atoms with Gasteiger partial charge in [-0.25, -0.2) is 0 Å². The van der Waals surface area contributed by atoms with Crippen LogP contribution in [0.5, 0.6) is 11.5 Å². The summed E-state index contributed by atoms with van der Waals surface area (Å²) in [7, 11) is 3.43. The van der Waals surface area contributed by atoms with Gasteiger partial charge < -0.3 is 19.5 Å².